The summed E-state index contributed by atoms with van der Waals surface area (Å²) in [7, 11) is 1.32. The van der Waals surface area contributed by atoms with Gasteiger partial charge in [-0.3, -0.25) is 0 Å². The molecule has 0 atom stereocenters. The van der Waals surface area contributed by atoms with Gasteiger partial charge in [0.15, 0.2) is 5.82 Å². The fraction of sp³-hybridized carbons (Fsp3) is 0.429. The number of rotatable bonds is 8. The van der Waals surface area contributed by atoms with E-state index in [1.165, 1.54) is 12.7 Å². The first-order valence-corrected chi connectivity index (χ1v) is 9.86. The van der Waals surface area contributed by atoms with E-state index < -0.39 is 6.09 Å². The minimum Gasteiger partial charge on any atom is -0.476 e. The standard InChI is InChI=1S/C21H27N5O4/c1-16-4-3-5-17(12-16)15-23-25-19-13-18(26-7-10-29-11-8-26)14-20(24-19)30-9-6-22-21(27)28-2/h3-5,12-14H,6-11,15H2,1-2H3,(H,22,27). The van der Waals surface area contributed by atoms with Crippen LogP contribution in [0, 0.1) is 6.92 Å². The number of carbonyl (C=O) groups is 1. The van der Waals surface area contributed by atoms with Crippen LogP contribution < -0.4 is 15.0 Å². The summed E-state index contributed by atoms with van der Waals surface area (Å²) < 4.78 is 15.7. The maximum atomic E-state index is 11.1. The average Bonchev–Trinajstić information content (AvgIpc) is 2.77. The van der Waals surface area contributed by atoms with Gasteiger partial charge >= 0.3 is 6.09 Å². The van der Waals surface area contributed by atoms with E-state index in [2.05, 4.69) is 36.2 Å². The number of amides is 1. The third-order valence-electron chi connectivity index (χ3n) is 4.46. The van der Waals surface area contributed by atoms with E-state index in [1.54, 1.807) is 0 Å². The average molecular weight is 413 g/mol. The van der Waals surface area contributed by atoms with Crippen LogP contribution in [-0.2, 0) is 16.0 Å². The first kappa shape index (κ1) is 21.5. The Kier molecular flexibility index (Phi) is 7.96. The van der Waals surface area contributed by atoms with Crippen LogP contribution in [0.25, 0.3) is 0 Å². The number of alkyl carbamates (subject to hydrolysis) is 1. The molecule has 0 bridgehead atoms. The number of nitrogens with one attached hydrogen (secondary N) is 1. The van der Waals surface area contributed by atoms with Gasteiger partial charge in [0.1, 0.15) is 6.61 Å². The van der Waals surface area contributed by atoms with Crippen molar-refractivity contribution in [3.05, 3.63) is 47.5 Å². The fourth-order valence-electron chi connectivity index (χ4n) is 2.99. The maximum Gasteiger partial charge on any atom is 0.406 e. The number of anilines is 1. The van der Waals surface area contributed by atoms with Crippen molar-refractivity contribution >= 4 is 17.6 Å². The Bertz CT molecular complexity index is 868. The molecule has 0 unspecified atom stereocenters. The summed E-state index contributed by atoms with van der Waals surface area (Å²) in [5, 5.41) is 11.2. The first-order chi connectivity index (χ1) is 14.6. The number of benzene rings is 1. The van der Waals surface area contributed by atoms with Gasteiger partial charge in [0.05, 0.1) is 33.4 Å². The number of morpholine rings is 1. The topological polar surface area (TPSA) is 97.6 Å². The third kappa shape index (κ3) is 6.70. The highest BCUT2D eigenvalue weighted by Gasteiger charge is 2.14. The summed E-state index contributed by atoms with van der Waals surface area (Å²) in [6.07, 6.45) is -0.501. The van der Waals surface area contributed by atoms with Crippen LogP contribution in [0.15, 0.2) is 46.6 Å². The zero-order chi connectivity index (χ0) is 21.2. The van der Waals surface area contributed by atoms with Crippen LogP contribution in [0.2, 0.25) is 0 Å². The molecule has 1 fully saturated rings. The molecule has 9 heteroatoms. The molecule has 160 valence electrons. The van der Waals surface area contributed by atoms with Crippen LogP contribution >= 0.6 is 0 Å². The second-order valence-electron chi connectivity index (χ2n) is 6.78. The Morgan fingerprint density at radius 2 is 2.10 bits per heavy atom. The number of azo groups is 1. The van der Waals surface area contributed by atoms with Crippen LogP contribution in [0.4, 0.5) is 16.3 Å². The highest BCUT2D eigenvalue weighted by Crippen LogP contribution is 2.26. The number of pyridine rings is 1. The molecule has 1 N–H and O–H groups in total. The summed E-state index contributed by atoms with van der Waals surface area (Å²) in [4.78, 5) is 17.8. The molecule has 1 aliphatic rings. The Balaban J connectivity index is 1.69. The van der Waals surface area contributed by atoms with E-state index in [0.29, 0.717) is 38.0 Å². The Hall–Kier alpha value is -3.20. The van der Waals surface area contributed by atoms with Crippen molar-refractivity contribution in [1.29, 1.82) is 0 Å². The number of nitrogens with zero attached hydrogens (tertiary/aromatic N) is 4. The normalized spacial score (nSPS) is 14.0. The predicted octanol–water partition coefficient (Wildman–Crippen LogP) is 3.25. The second-order valence-corrected chi connectivity index (χ2v) is 6.78. The summed E-state index contributed by atoms with van der Waals surface area (Å²) in [6, 6.07) is 11.9. The van der Waals surface area contributed by atoms with Crippen molar-refractivity contribution in [2.45, 2.75) is 13.5 Å². The lowest BCUT2D eigenvalue weighted by Crippen LogP contribution is -2.36. The van der Waals surface area contributed by atoms with E-state index >= 15 is 0 Å². The number of carbonyl (C=O) groups excluding carboxylic acids is 1. The Morgan fingerprint density at radius 1 is 1.27 bits per heavy atom. The monoisotopic (exact) mass is 413 g/mol. The third-order valence-corrected chi connectivity index (χ3v) is 4.46. The van der Waals surface area contributed by atoms with Crippen molar-refractivity contribution in [3.8, 4) is 5.88 Å². The van der Waals surface area contributed by atoms with E-state index in [0.717, 1.165) is 24.3 Å². The summed E-state index contributed by atoms with van der Waals surface area (Å²) in [5.74, 6) is 0.901. The second kappa shape index (κ2) is 11.1. The van der Waals surface area contributed by atoms with Gasteiger partial charge in [0.2, 0.25) is 5.88 Å². The first-order valence-electron chi connectivity index (χ1n) is 9.86. The number of methoxy groups -OCH3 is 1. The molecule has 2 aromatic rings. The van der Waals surface area contributed by atoms with Gasteiger partial charge < -0.3 is 24.4 Å². The van der Waals surface area contributed by atoms with Gasteiger partial charge in [-0.05, 0) is 12.5 Å². The number of aryl methyl sites for hydroxylation is 1. The maximum absolute atomic E-state index is 11.1. The molecule has 1 amide bonds. The van der Waals surface area contributed by atoms with Crippen LogP contribution in [0.1, 0.15) is 11.1 Å². The lowest BCUT2D eigenvalue weighted by atomic mass is 10.1. The van der Waals surface area contributed by atoms with Crippen molar-refractivity contribution < 1.29 is 19.0 Å². The van der Waals surface area contributed by atoms with E-state index in [9.17, 15) is 4.79 Å². The molecule has 1 aromatic carbocycles. The molecule has 0 spiro atoms. The summed E-state index contributed by atoms with van der Waals surface area (Å²) in [6.45, 7) is 6.00. The van der Waals surface area contributed by atoms with E-state index in [1.807, 2.05) is 37.3 Å². The highest BCUT2D eigenvalue weighted by molar-refractivity contribution is 5.66. The van der Waals surface area contributed by atoms with Crippen molar-refractivity contribution in [2.24, 2.45) is 10.2 Å². The van der Waals surface area contributed by atoms with Crippen molar-refractivity contribution in [2.75, 3.05) is 51.5 Å². The molecule has 30 heavy (non-hydrogen) atoms. The number of aromatic nitrogens is 1. The van der Waals surface area contributed by atoms with Crippen molar-refractivity contribution in [1.82, 2.24) is 10.3 Å². The Labute approximate surface area is 176 Å². The zero-order valence-electron chi connectivity index (χ0n) is 17.3. The molecule has 0 radical (unpaired) electrons. The lowest BCUT2D eigenvalue weighted by molar-refractivity contribution is 0.122. The molecule has 1 aliphatic heterocycles. The largest absolute Gasteiger partial charge is 0.476 e. The smallest absolute Gasteiger partial charge is 0.406 e. The predicted molar refractivity (Wildman–Crippen MR) is 113 cm³/mol. The van der Waals surface area contributed by atoms with Gasteiger partial charge in [0.25, 0.3) is 0 Å². The van der Waals surface area contributed by atoms with Crippen LogP contribution in [0.5, 0.6) is 5.88 Å². The molecule has 9 nitrogen and oxygen atoms in total. The van der Waals surface area contributed by atoms with Gasteiger partial charge in [-0.25, -0.2) is 4.79 Å². The molecule has 3 rings (SSSR count). The molecular formula is C21H27N5O4. The van der Waals surface area contributed by atoms with Gasteiger partial charge in [-0.1, -0.05) is 29.8 Å². The fourth-order valence-corrected chi connectivity index (χ4v) is 2.99. The van der Waals surface area contributed by atoms with Gasteiger partial charge in [0, 0.05) is 30.9 Å². The number of hydrogen-bond acceptors (Lipinski definition) is 8. The van der Waals surface area contributed by atoms with Crippen LogP contribution in [-0.4, -0.2) is 57.6 Å². The minimum absolute atomic E-state index is 0.258. The molecule has 0 aliphatic carbocycles. The van der Waals surface area contributed by atoms with Gasteiger partial charge in [-0.15, -0.1) is 5.11 Å². The quantitative estimate of drug-likeness (QED) is 0.527. The SMILES string of the molecule is COC(=O)NCCOc1cc(N2CCOCC2)cc(N=NCc2cccc(C)c2)n1. The van der Waals surface area contributed by atoms with E-state index in [-0.39, 0.29) is 6.61 Å². The molecule has 2 heterocycles. The Morgan fingerprint density at radius 3 is 2.87 bits per heavy atom. The van der Waals surface area contributed by atoms with Gasteiger partial charge in [-0.2, -0.15) is 10.1 Å². The minimum atomic E-state index is -0.501. The zero-order valence-corrected chi connectivity index (χ0v) is 17.3. The molecule has 1 saturated heterocycles. The summed E-state index contributed by atoms with van der Waals surface area (Å²) in [5.41, 5.74) is 3.23. The molecular weight excluding hydrogens is 386 g/mol. The number of hydrogen-bond donors (Lipinski definition) is 1. The highest BCUT2D eigenvalue weighted by atomic mass is 16.5. The number of ether oxygens (including phenoxy) is 3. The molecule has 1 aromatic heterocycles. The van der Waals surface area contributed by atoms with E-state index in [4.69, 9.17) is 9.47 Å². The lowest BCUT2D eigenvalue weighted by Gasteiger charge is -2.29. The van der Waals surface area contributed by atoms with Crippen molar-refractivity contribution in [3.63, 3.8) is 0 Å². The van der Waals surface area contributed by atoms with Crippen LogP contribution in [0.3, 0.4) is 0 Å². The molecule has 0 saturated carbocycles. The summed E-state index contributed by atoms with van der Waals surface area (Å²) >= 11 is 0.